The fourth-order valence-electron chi connectivity index (χ4n) is 1.92. The van der Waals surface area contributed by atoms with Crippen LogP contribution in [0.3, 0.4) is 0 Å². The number of aliphatic hydroxyl groups excluding tert-OH is 1. The summed E-state index contributed by atoms with van der Waals surface area (Å²) >= 11 is 0. The van der Waals surface area contributed by atoms with Crippen molar-refractivity contribution in [3.8, 4) is 0 Å². The molecule has 4 heteroatoms. The summed E-state index contributed by atoms with van der Waals surface area (Å²) < 4.78 is 35.3. The summed E-state index contributed by atoms with van der Waals surface area (Å²) in [5, 5.41) is 9.34. The van der Waals surface area contributed by atoms with E-state index in [9.17, 15) is 18.3 Å². The first-order chi connectivity index (χ1) is 5.99. The summed E-state index contributed by atoms with van der Waals surface area (Å²) in [5.41, 5.74) is 0. The minimum atomic E-state index is -4.04. The van der Waals surface area contributed by atoms with Crippen molar-refractivity contribution in [2.75, 3.05) is 0 Å². The second-order valence-corrected chi connectivity index (χ2v) is 3.77. The molecule has 1 nitrogen and oxygen atoms in total. The maximum absolute atomic E-state index is 11.8. The number of halogens is 3. The van der Waals surface area contributed by atoms with E-state index in [-0.39, 0.29) is 18.4 Å². The second-order valence-electron chi connectivity index (χ2n) is 3.77. The lowest BCUT2D eigenvalue weighted by Gasteiger charge is -2.14. The highest BCUT2D eigenvalue weighted by Gasteiger charge is 2.29. The first-order valence-electron chi connectivity index (χ1n) is 4.74. The van der Waals surface area contributed by atoms with Crippen LogP contribution in [0.1, 0.15) is 38.5 Å². The number of hydrogen-bond donors (Lipinski definition) is 1. The van der Waals surface area contributed by atoms with Gasteiger partial charge in [0.2, 0.25) is 0 Å². The first-order valence-corrected chi connectivity index (χ1v) is 4.74. The van der Waals surface area contributed by atoms with Gasteiger partial charge in [0, 0.05) is 6.42 Å². The van der Waals surface area contributed by atoms with Crippen LogP contribution in [0, 0.1) is 5.92 Å². The molecule has 1 rings (SSSR count). The standard InChI is InChI=1S/C9H15F3O/c10-9(11,12)6-2-4-7-3-1-5-8(7)13/h7-8,13H,1-6H2. The Bertz CT molecular complexity index is 155. The van der Waals surface area contributed by atoms with Crippen LogP contribution in [-0.2, 0) is 0 Å². The molecule has 0 saturated heterocycles. The molecular weight excluding hydrogens is 181 g/mol. The van der Waals surface area contributed by atoms with Crippen LogP contribution in [0.25, 0.3) is 0 Å². The average molecular weight is 196 g/mol. The van der Waals surface area contributed by atoms with Gasteiger partial charge in [-0.3, -0.25) is 0 Å². The van der Waals surface area contributed by atoms with E-state index in [2.05, 4.69) is 0 Å². The third-order valence-corrected chi connectivity index (χ3v) is 2.65. The quantitative estimate of drug-likeness (QED) is 0.735. The zero-order chi connectivity index (χ0) is 9.90. The number of alkyl halides is 3. The van der Waals surface area contributed by atoms with E-state index in [1.165, 1.54) is 0 Å². The fourth-order valence-corrected chi connectivity index (χ4v) is 1.92. The van der Waals surface area contributed by atoms with E-state index < -0.39 is 12.6 Å². The molecule has 0 aromatic heterocycles. The molecule has 1 saturated carbocycles. The molecule has 13 heavy (non-hydrogen) atoms. The summed E-state index contributed by atoms with van der Waals surface area (Å²) in [4.78, 5) is 0. The van der Waals surface area contributed by atoms with Gasteiger partial charge in [0.25, 0.3) is 0 Å². The van der Waals surface area contributed by atoms with Gasteiger partial charge in [-0.1, -0.05) is 6.42 Å². The summed E-state index contributed by atoms with van der Waals surface area (Å²) in [6, 6.07) is 0. The van der Waals surface area contributed by atoms with Gasteiger partial charge in [-0.2, -0.15) is 13.2 Å². The third-order valence-electron chi connectivity index (χ3n) is 2.65. The monoisotopic (exact) mass is 196 g/mol. The van der Waals surface area contributed by atoms with E-state index in [0.29, 0.717) is 6.42 Å². The third kappa shape index (κ3) is 3.98. The molecule has 1 aliphatic rings. The highest BCUT2D eigenvalue weighted by Crippen LogP contribution is 2.31. The first kappa shape index (κ1) is 10.8. The van der Waals surface area contributed by atoms with Crippen LogP contribution in [0.5, 0.6) is 0 Å². The van der Waals surface area contributed by atoms with Crippen LogP contribution in [0.15, 0.2) is 0 Å². The zero-order valence-corrected chi connectivity index (χ0v) is 7.48. The summed E-state index contributed by atoms with van der Waals surface area (Å²) in [6.45, 7) is 0. The predicted molar refractivity (Wildman–Crippen MR) is 43.3 cm³/mol. The molecule has 0 radical (unpaired) electrons. The lowest BCUT2D eigenvalue weighted by Crippen LogP contribution is -2.14. The van der Waals surface area contributed by atoms with Gasteiger partial charge in [0.05, 0.1) is 6.10 Å². The second kappa shape index (κ2) is 4.31. The van der Waals surface area contributed by atoms with E-state index in [0.717, 1.165) is 19.3 Å². The molecule has 0 amide bonds. The van der Waals surface area contributed by atoms with Crippen molar-refractivity contribution in [3.05, 3.63) is 0 Å². The molecule has 0 spiro atoms. The van der Waals surface area contributed by atoms with E-state index in [4.69, 9.17) is 0 Å². The molecule has 78 valence electrons. The molecule has 1 aliphatic carbocycles. The Morgan fingerprint density at radius 2 is 1.92 bits per heavy atom. The van der Waals surface area contributed by atoms with E-state index >= 15 is 0 Å². The van der Waals surface area contributed by atoms with E-state index in [1.54, 1.807) is 0 Å². The smallest absolute Gasteiger partial charge is 0.389 e. The SMILES string of the molecule is OC1CCCC1CCCC(F)(F)F. The maximum atomic E-state index is 11.8. The molecule has 0 aromatic rings. The Morgan fingerprint density at radius 3 is 2.38 bits per heavy atom. The average Bonchev–Trinajstić information content (AvgIpc) is 2.34. The van der Waals surface area contributed by atoms with Crippen molar-refractivity contribution in [1.82, 2.24) is 0 Å². The lowest BCUT2D eigenvalue weighted by molar-refractivity contribution is -0.136. The Morgan fingerprint density at radius 1 is 1.23 bits per heavy atom. The molecule has 2 atom stereocenters. The van der Waals surface area contributed by atoms with Gasteiger partial charge in [-0.05, 0) is 31.6 Å². The van der Waals surface area contributed by atoms with Crippen molar-refractivity contribution < 1.29 is 18.3 Å². The molecule has 0 bridgehead atoms. The van der Waals surface area contributed by atoms with Crippen LogP contribution in [-0.4, -0.2) is 17.4 Å². The Hall–Kier alpha value is -0.250. The van der Waals surface area contributed by atoms with Crippen molar-refractivity contribution in [3.63, 3.8) is 0 Å². The summed E-state index contributed by atoms with van der Waals surface area (Å²) in [5.74, 6) is 0.113. The van der Waals surface area contributed by atoms with Crippen LogP contribution in [0.4, 0.5) is 13.2 Å². The van der Waals surface area contributed by atoms with Crippen LogP contribution < -0.4 is 0 Å². The summed E-state index contributed by atoms with van der Waals surface area (Å²) in [7, 11) is 0. The molecule has 1 N–H and O–H groups in total. The predicted octanol–water partition coefficient (Wildman–Crippen LogP) is 2.88. The van der Waals surface area contributed by atoms with Gasteiger partial charge in [-0.15, -0.1) is 0 Å². The van der Waals surface area contributed by atoms with Gasteiger partial charge >= 0.3 is 6.18 Å². The van der Waals surface area contributed by atoms with Gasteiger partial charge < -0.3 is 5.11 Å². The normalized spacial score (nSPS) is 29.5. The maximum Gasteiger partial charge on any atom is 0.389 e. The van der Waals surface area contributed by atoms with Gasteiger partial charge in [0.1, 0.15) is 0 Å². The molecule has 2 unspecified atom stereocenters. The largest absolute Gasteiger partial charge is 0.393 e. The minimum Gasteiger partial charge on any atom is -0.393 e. The number of aliphatic hydroxyl groups is 1. The lowest BCUT2D eigenvalue weighted by atomic mass is 9.98. The Labute approximate surface area is 75.9 Å². The van der Waals surface area contributed by atoms with Crippen LogP contribution >= 0.6 is 0 Å². The molecule has 0 aliphatic heterocycles. The van der Waals surface area contributed by atoms with Crippen molar-refractivity contribution in [1.29, 1.82) is 0 Å². The molecule has 0 aromatic carbocycles. The van der Waals surface area contributed by atoms with Crippen molar-refractivity contribution in [2.24, 2.45) is 5.92 Å². The molecular formula is C9H15F3O. The molecule has 1 fully saturated rings. The van der Waals surface area contributed by atoms with Crippen molar-refractivity contribution >= 4 is 0 Å². The fraction of sp³-hybridized carbons (Fsp3) is 1.00. The highest BCUT2D eigenvalue weighted by molar-refractivity contribution is 4.76. The minimum absolute atomic E-state index is 0.113. The number of hydrogen-bond acceptors (Lipinski definition) is 1. The topological polar surface area (TPSA) is 20.2 Å². The highest BCUT2D eigenvalue weighted by atomic mass is 19.4. The molecule has 0 heterocycles. The van der Waals surface area contributed by atoms with Gasteiger partial charge in [0.15, 0.2) is 0 Å². The van der Waals surface area contributed by atoms with Gasteiger partial charge in [-0.25, -0.2) is 0 Å². The van der Waals surface area contributed by atoms with E-state index in [1.807, 2.05) is 0 Å². The Kier molecular flexibility index (Phi) is 3.59. The Balaban J connectivity index is 2.12. The van der Waals surface area contributed by atoms with Crippen LogP contribution in [0.2, 0.25) is 0 Å². The zero-order valence-electron chi connectivity index (χ0n) is 7.48. The summed E-state index contributed by atoms with van der Waals surface area (Å²) in [6.07, 6.45) is -1.83. The van der Waals surface area contributed by atoms with Crippen molar-refractivity contribution in [2.45, 2.75) is 50.8 Å². The number of rotatable bonds is 3.